The average molecular weight is 287 g/mol. The third-order valence-corrected chi connectivity index (χ3v) is 4.36. The summed E-state index contributed by atoms with van der Waals surface area (Å²) >= 11 is 1.63. The average Bonchev–Trinajstić information content (AvgIpc) is 3.02. The van der Waals surface area contributed by atoms with E-state index < -0.39 is 0 Å². The Morgan fingerprint density at radius 3 is 3.05 bits per heavy atom. The Kier molecular flexibility index (Phi) is 3.53. The van der Waals surface area contributed by atoms with Crippen molar-refractivity contribution in [3.05, 3.63) is 41.1 Å². The molecule has 0 unspecified atom stereocenters. The summed E-state index contributed by atoms with van der Waals surface area (Å²) in [6, 6.07) is 7.67. The Labute approximate surface area is 122 Å². The number of carbonyl (C=O) groups is 1. The first kappa shape index (κ1) is 13.2. The molecule has 20 heavy (non-hydrogen) atoms. The standard InChI is InChI=1S/C15H17N3OS/c1-18-14(12-7-4-8-13(12)17-18)16-15(19)10-5-3-6-11(9-10)20-2/h3,5-6,9H,4,7-8H2,1-2H3,(H,16,19). The fourth-order valence-electron chi connectivity index (χ4n) is 2.62. The van der Waals surface area contributed by atoms with E-state index in [1.165, 1.54) is 5.56 Å². The van der Waals surface area contributed by atoms with Gasteiger partial charge in [0.25, 0.3) is 5.91 Å². The summed E-state index contributed by atoms with van der Waals surface area (Å²) in [7, 11) is 1.88. The molecule has 0 saturated carbocycles. The van der Waals surface area contributed by atoms with E-state index in [0.29, 0.717) is 5.56 Å². The Bertz CT molecular complexity index is 663. The highest BCUT2D eigenvalue weighted by molar-refractivity contribution is 7.98. The number of nitrogens with zero attached hydrogens (tertiary/aromatic N) is 2. The Hall–Kier alpha value is -1.75. The third-order valence-electron chi connectivity index (χ3n) is 3.63. The number of fused-ring (bicyclic) bond motifs is 1. The fraction of sp³-hybridized carbons (Fsp3) is 0.333. The maximum atomic E-state index is 12.4. The number of anilines is 1. The van der Waals surface area contributed by atoms with E-state index in [2.05, 4.69) is 10.4 Å². The van der Waals surface area contributed by atoms with Crippen LogP contribution in [0, 0.1) is 0 Å². The molecule has 1 N–H and O–H groups in total. The minimum atomic E-state index is -0.0707. The van der Waals surface area contributed by atoms with E-state index in [4.69, 9.17) is 0 Å². The van der Waals surface area contributed by atoms with Crippen molar-refractivity contribution in [2.24, 2.45) is 7.05 Å². The lowest BCUT2D eigenvalue weighted by atomic mass is 10.2. The molecule has 0 radical (unpaired) electrons. The molecule has 0 spiro atoms. The van der Waals surface area contributed by atoms with Gasteiger partial charge in [-0.3, -0.25) is 9.48 Å². The van der Waals surface area contributed by atoms with Crippen LogP contribution in [0.2, 0.25) is 0 Å². The maximum Gasteiger partial charge on any atom is 0.256 e. The quantitative estimate of drug-likeness (QED) is 0.883. The molecule has 2 aromatic rings. The van der Waals surface area contributed by atoms with E-state index in [-0.39, 0.29) is 5.91 Å². The zero-order chi connectivity index (χ0) is 14.1. The van der Waals surface area contributed by atoms with E-state index in [9.17, 15) is 4.79 Å². The zero-order valence-electron chi connectivity index (χ0n) is 11.6. The highest BCUT2D eigenvalue weighted by Gasteiger charge is 2.22. The van der Waals surface area contributed by atoms with Crippen LogP contribution >= 0.6 is 11.8 Å². The number of aromatic nitrogens is 2. The largest absolute Gasteiger partial charge is 0.307 e. The Morgan fingerprint density at radius 1 is 1.40 bits per heavy atom. The van der Waals surface area contributed by atoms with Gasteiger partial charge in [0.15, 0.2) is 0 Å². The number of carbonyl (C=O) groups excluding carboxylic acids is 1. The van der Waals surface area contributed by atoms with Crippen LogP contribution < -0.4 is 5.32 Å². The summed E-state index contributed by atoms with van der Waals surface area (Å²) in [4.78, 5) is 13.5. The molecule has 1 aliphatic carbocycles. The van der Waals surface area contributed by atoms with Gasteiger partial charge in [-0.05, 0) is 43.7 Å². The van der Waals surface area contributed by atoms with E-state index in [0.717, 1.165) is 35.7 Å². The number of rotatable bonds is 3. The molecule has 0 fully saturated rings. The second kappa shape index (κ2) is 5.32. The lowest BCUT2D eigenvalue weighted by molar-refractivity contribution is 0.102. The monoisotopic (exact) mass is 287 g/mol. The van der Waals surface area contributed by atoms with Crippen molar-refractivity contribution < 1.29 is 4.79 Å². The zero-order valence-corrected chi connectivity index (χ0v) is 12.5. The molecular weight excluding hydrogens is 270 g/mol. The van der Waals surface area contributed by atoms with Crippen LogP contribution in [0.1, 0.15) is 28.0 Å². The highest BCUT2D eigenvalue weighted by Crippen LogP contribution is 2.28. The van der Waals surface area contributed by atoms with Gasteiger partial charge in [0.1, 0.15) is 5.82 Å². The number of hydrogen-bond donors (Lipinski definition) is 1. The molecule has 1 aromatic heterocycles. The van der Waals surface area contributed by atoms with Crippen LogP contribution in [-0.4, -0.2) is 21.9 Å². The normalized spacial score (nSPS) is 13.3. The van der Waals surface area contributed by atoms with Crippen molar-refractivity contribution in [2.45, 2.75) is 24.2 Å². The Balaban J connectivity index is 1.86. The van der Waals surface area contributed by atoms with Crippen molar-refractivity contribution in [3.8, 4) is 0 Å². The van der Waals surface area contributed by atoms with Crippen molar-refractivity contribution in [1.29, 1.82) is 0 Å². The van der Waals surface area contributed by atoms with Gasteiger partial charge in [-0.1, -0.05) is 6.07 Å². The second-order valence-electron chi connectivity index (χ2n) is 4.94. The topological polar surface area (TPSA) is 46.9 Å². The van der Waals surface area contributed by atoms with Crippen LogP contribution in [0.25, 0.3) is 0 Å². The predicted octanol–water partition coefficient (Wildman–Crippen LogP) is 2.88. The van der Waals surface area contributed by atoms with Gasteiger partial charge in [0, 0.05) is 23.1 Å². The molecule has 0 aliphatic heterocycles. The molecule has 1 amide bonds. The van der Waals surface area contributed by atoms with Gasteiger partial charge in [0.05, 0.1) is 5.69 Å². The van der Waals surface area contributed by atoms with Crippen LogP contribution in [0.5, 0.6) is 0 Å². The van der Waals surface area contributed by atoms with Crippen molar-refractivity contribution >= 4 is 23.5 Å². The molecule has 0 saturated heterocycles. The number of benzene rings is 1. The summed E-state index contributed by atoms with van der Waals surface area (Å²) in [5.41, 5.74) is 3.01. The van der Waals surface area contributed by atoms with Gasteiger partial charge in [0.2, 0.25) is 0 Å². The first-order chi connectivity index (χ1) is 9.69. The lowest BCUT2D eigenvalue weighted by Gasteiger charge is -2.08. The minimum absolute atomic E-state index is 0.0707. The summed E-state index contributed by atoms with van der Waals surface area (Å²) < 4.78 is 1.78. The van der Waals surface area contributed by atoms with Crippen molar-refractivity contribution in [3.63, 3.8) is 0 Å². The molecule has 1 aliphatic rings. The molecule has 104 valence electrons. The fourth-order valence-corrected chi connectivity index (χ4v) is 3.08. The molecule has 5 heteroatoms. The highest BCUT2D eigenvalue weighted by atomic mass is 32.2. The first-order valence-corrected chi connectivity index (χ1v) is 7.91. The number of nitrogens with one attached hydrogen (secondary N) is 1. The number of aryl methyl sites for hydroxylation is 2. The van der Waals surface area contributed by atoms with Gasteiger partial charge in [-0.15, -0.1) is 11.8 Å². The van der Waals surface area contributed by atoms with Crippen molar-refractivity contribution in [2.75, 3.05) is 11.6 Å². The van der Waals surface area contributed by atoms with Gasteiger partial charge in [-0.25, -0.2) is 0 Å². The lowest BCUT2D eigenvalue weighted by Crippen LogP contribution is -2.15. The van der Waals surface area contributed by atoms with Gasteiger partial charge in [-0.2, -0.15) is 5.10 Å². The van der Waals surface area contributed by atoms with E-state index in [1.54, 1.807) is 16.4 Å². The number of hydrogen-bond acceptors (Lipinski definition) is 3. The van der Waals surface area contributed by atoms with Crippen LogP contribution in [0.3, 0.4) is 0 Å². The van der Waals surface area contributed by atoms with Crippen LogP contribution in [0.15, 0.2) is 29.2 Å². The molecular formula is C15H17N3OS. The number of thioether (sulfide) groups is 1. The molecule has 3 rings (SSSR count). The predicted molar refractivity (Wildman–Crippen MR) is 81.4 cm³/mol. The molecule has 1 heterocycles. The molecule has 1 aromatic carbocycles. The summed E-state index contributed by atoms with van der Waals surface area (Å²) in [6.07, 6.45) is 5.15. The van der Waals surface area contributed by atoms with Crippen molar-refractivity contribution in [1.82, 2.24) is 9.78 Å². The van der Waals surface area contributed by atoms with Crippen LogP contribution in [-0.2, 0) is 19.9 Å². The summed E-state index contributed by atoms with van der Waals surface area (Å²) in [5, 5.41) is 7.48. The SMILES string of the molecule is CSc1cccc(C(=O)Nc2c3c(nn2C)CCC3)c1. The van der Waals surface area contributed by atoms with E-state index in [1.807, 2.05) is 37.6 Å². The smallest absolute Gasteiger partial charge is 0.256 e. The number of amides is 1. The van der Waals surface area contributed by atoms with Crippen LogP contribution in [0.4, 0.5) is 5.82 Å². The molecule has 4 nitrogen and oxygen atoms in total. The Morgan fingerprint density at radius 2 is 2.25 bits per heavy atom. The van der Waals surface area contributed by atoms with Gasteiger partial charge >= 0.3 is 0 Å². The molecule has 0 bridgehead atoms. The molecule has 0 atom stereocenters. The summed E-state index contributed by atoms with van der Waals surface area (Å²) in [6.45, 7) is 0. The minimum Gasteiger partial charge on any atom is -0.307 e. The first-order valence-electron chi connectivity index (χ1n) is 6.69. The second-order valence-corrected chi connectivity index (χ2v) is 5.82. The summed E-state index contributed by atoms with van der Waals surface area (Å²) in [5.74, 6) is 0.774. The van der Waals surface area contributed by atoms with E-state index >= 15 is 0 Å². The maximum absolute atomic E-state index is 12.4. The van der Waals surface area contributed by atoms with Gasteiger partial charge < -0.3 is 5.32 Å². The third kappa shape index (κ3) is 2.33.